The Balaban J connectivity index is 2.64. The van der Waals surface area contributed by atoms with Crippen LogP contribution < -0.4 is 4.74 Å². The first-order chi connectivity index (χ1) is 7.37. The van der Waals surface area contributed by atoms with Crippen LogP contribution >= 0.6 is 0 Å². The molecule has 16 heavy (non-hydrogen) atoms. The van der Waals surface area contributed by atoms with Gasteiger partial charge in [-0.05, 0) is 37.5 Å². The van der Waals surface area contributed by atoms with Gasteiger partial charge in [0, 0.05) is 0 Å². The van der Waals surface area contributed by atoms with Gasteiger partial charge in [-0.15, -0.1) is 13.2 Å². The van der Waals surface area contributed by atoms with E-state index in [-0.39, 0.29) is 5.75 Å². The van der Waals surface area contributed by atoms with E-state index in [0.29, 0.717) is 18.4 Å². The average Bonchev–Trinajstić information content (AvgIpc) is 2.12. The third-order valence-electron chi connectivity index (χ3n) is 1.98. The van der Waals surface area contributed by atoms with Crippen LogP contribution in [0, 0.1) is 0 Å². The van der Waals surface area contributed by atoms with E-state index >= 15 is 0 Å². The minimum atomic E-state index is -4.66. The fourth-order valence-corrected chi connectivity index (χ4v) is 1.27. The first kappa shape index (κ1) is 12.8. The lowest BCUT2D eigenvalue weighted by molar-refractivity contribution is -0.274. The number of aryl methyl sites for hydroxylation is 1. The highest BCUT2D eigenvalue weighted by Crippen LogP contribution is 2.23. The zero-order valence-electron chi connectivity index (χ0n) is 8.79. The standard InChI is InChI=1S/C11H13F3O2/c1-8(15)5-6-9-3-2-4-10(7-9)16-11(12,13)14/h2-4,7-8,15H,5-6H2,1H3. The number of aliphatic hydroxyl groups excluding tert-OH is 1. The molecule has 0 heterocycles. The van der Waals surface area contributed by atoms with E-state index in [9.17, 15) is 13.2 Å². The highest BCUT2D eigenvalue weighted by atomic mass is 19.4. The minimum Gasteiger partial charge on any atom is -0.406 e. The summed E-state index contributed by atoms with van der Waals surface area (Å²) in [4.78, 5) is 0. The van der Waals surface area contributed by atoms with Crippen molar-refractivity contribution < 1.29 is 23.0 Å². The van der Waals surface area contributed by atoms with Gasteiger partial charge in [-0.25, -0.2) is 0 Å². The fraction of sp³-hybridized carbons (Fsp3) is 0.455. The van der Waals surface area contributed by atoms with Gasteiger partial charge in [0.15, 0.2) is 0 Å². The van der Waals surface area contributed by atoms with Crippen molar-refractivity contribution in [1.82, 2.24) is 0 Å². The van der Waals surface area contributed by atoms with E-state index in [4.69, 9.17) is 5.11 Å². The van der Waals surface area contributed by atoms with E-state index in [2.05, 4.69) is 4.74 Å². The number of hydrogen-bond donors (Lipinski definition) is 1. The molecule has 0 aromatic heterocycles. The maximum absolute atomic E-state index is 11.9. The molecule has 0 amide bonds. The predicted molar refractivity (Wildman–Crippen MR) is 53.1 cm³/mol. The zero-order valence-corrected chi connectivity index (χ0v) is 8.79. The molecule has 1 rings (SSSR count). The third kappa shape index (κ3) is 5.02. The molecule has 1 aromatic carbocycles. The number of halogens is 3. The summed E-state index contributed by atoms with van der Waals surface area (Å²) in [5.41, 5.74) is 0.711. The Hall–Kier alpha value is -1.23. The summed E-state index contributed by atoms with van der Waals surface area (Å²) in [5, 5.41) is 9.06. The van der Waals surface area contributed by atoms with Crippen molar-refractivity contribution in [1.29, 1.82) is 0 Å². The maximum atomic E-state index is 11.9. The fourth-order valence-electron chi connectivity index (χ4n) is 1.27. The van der Waals surface area contributed by atoms with Crippen LogP contribution in [0.15, 0.2) is 24.3 Å². The molecule has 0 bridgehead atoms. The van der Waals surface area contributed by atoms with Crippen molar-refractivity contribution in [2.45, 2.75) is 32.2 Å². The molecule has 0 aliphatic carbocycles. The molecule has 0 radical (unpaired) electrons. The van der Waals surface area contributed by atoms with Gasteiger partial charge in [-0.3, -0.25) is 0 Å². The summed E-state index contributed by atoms with van der Waals surface area (Å²) in [5.74, 6) is -0.226. The number of ether oxygens (including phenoxy) is 1. The smallest absolute Gasteiger partial charge is 0.406 e. The number of benzene rings is 1. The molecule has 1 unspecified atom stereocenters. The summed E-state index contributed by atoms with van der Waals surface area (Å²) in [6.07, 6.45) is -4.10. The molecule has 0 aliphatic rings. The van der Waals surface area contributed by atoms with Crippen LogP contribution in [-0.2, 0) is 6.42 Å². The number of hydrogen-bond acceptors (Lipinski definition) is 2. The Morgan fingerprint density at radius 2 is 2.06 bits per heavy atom. The van der Waals surface area contributed by atoms with Gasteiger partial charge in [0.1, 0.15) is 5.75 Å². The molecule has 0 saturated carbocycles. The summed E-state index contributed by atoms with van der Waals surface area (Å²) in [6.45, 7) is 1.63. The zero-order chi connectivity index (χ0) is 12.2. The van der Waals surface area contributed by atoms with Gasteiger partial charge >= 0.3 is 6.36 Å². The summed E-state index contributed by atoms with van der Waals surface area (Å²) in [6, 6.07) is 5.78. The molecule has 1 atom stereocenters. The van der Waals surface area contributed by atoms with Gasteiger partial charge in [0.05, 0.1) is 6.10 Å². The van der Waals surface area contributed by atoms with E-state index in [1.807, 2.05) is 0 Å². The predicted octanol–water partition coefficient (Wildman–Crippen LogP) is 2.90. The van der Waals surface area contributed by atoms with Gasteiger partial charge < -0.3 is 9.84 Å². The molecule has 5 heteroatoms. The topological polar surface area (TPSA) is 29.5 Å². The Morgan fingerprint density at radius 3 is 2.62 bits per heavy atom. The Kier molecular flexibility index (Phi) is 4.18. The van der Waals surface area contributed by atoms with Crippen molar-refractivity contribution in [2.75, 3.05) is 0 Å². The quantitative estimate of drug-likeness (QED) is 0.867. The molecule has 0 spiro atoms. The normalized spacial score (nSPS) is 13.6. The monoisotopic (exact) mass is 234 g/mol. The second kappa shape index (κ2) is 5.21. The van der Waals surface area contributed by atoms with Crippen molar-refractivity contribution in [3.63, 3.8) is 0 Å². The number of aliphatic hydroxyl groups is 1. The number of rotatable bonds is 4. The van der Waals surface area contributed by atoms with E-state index in [1.165, 1.54) is 18.2 Å². The molecule has 90 valence electrons. The first-order valence-corrected chi connectivity index (χ1v) is 4.89. The summed E-state index contributed by atoms with van der Waals surface area (Å²) in [7, 11) is 0. The second-order valence-corrected chi connectivity index (χ2v) is 3.58. The lowest BCUT2D eigenvalue weighted by atomic mass is 10.1. The lowest BCUT2D eigenvalue weighted by Crippen LogP contribution is -2.17. The molecule has 1 aromatic rings. The van der Waals surface area contributed by atoms with Crippen LogP contribution in [-0.4, -0.2) is 17.6 Å². The molecule has 0 aliphatic heterocycles. The van der Waals surface area contributed by atoms with Gasteiger partial charge in [-0.1, -0.05) is 12.1 Å². The van der Waals surface area contributed by atoms with Gasteiger partial charge in [0.25, 0.3) is 0 Å². The van der Waals surface area contributed by atoms with Crippen molar-refractivity contribution in [2.24, 2.45) is 0 Å². The highest BCUT2D eigenvalue weighted by molar-refractivity contribution is 5.28. The molecular weight excluding hydrogens is 221 g/mol. The van der Waals surface area contributed by atoms with Gasteiger partial charge in [0.2, 0.25) is 0 Å². The van der Waals surface area contributed by atoms with E-state index in [1.54, 1.807) is 13.0 Å². The van der Waals surface area contributed by atoms with Crippen LogP contribution in [0.3, 0.4) is 0 Å². The molecule has 0 fully saturated rings. The number of alkyl halides is 3. The summed E-state index contributed by atoms with van der Waals surface area (Å²) < 4.78 is 39.6. The highest BCUT2D eigenvalue weighted by Gasteiger charge is 2.31. The largest absolute Gasteiger partial charge is 0.573 e. The van der Waals surface area contributed by atoms with Crippen LogP contribution in [0.2, 0.25) is 0 Å². The van der Waals surface area contributed by atoms with Crippen LogP contribution in [0.25, 0.3) is 0 Å². The van der Waals surface area contributed by atoms with Crippen molar-refractivity contribution in [3.05, 3.63) is 29.8 Å². The molecule has 1 N–H and O–H groups in total. The van der Waals surface area contributed by atoms with Crippen molar-refractivity contribution in [3.8, 4) is 5.75 Å². The molecular formula is C11H13F3O2. The van der Waals surface area contributed by atoms with Crippen molar-refractivity contribution >= 4 is 0 Å². The first-order valence-electron chi connectivity index (χ1n) is 4.89. The van der Waals surface area contributed by atoms with E-state index < -0.39 is 12.5 Å². The van der Waals surface area contributed by atoms with E-state index in [0.717, 1.165) is 0 Å². The minimum absolute atomic E-state index is 0.226. The van der Waals surface area contributed by atoms with Crippen LogP contribution in [0.5, 0.6) is 5.75 Å². The lowest BCUT2D eigenvalue weighted by Gasteiger charge is -2.10. The Labute approximate surface area is 91.7 Å². The van der Waals surface area contributed by atoms with Crippen LogP contribution in [0.4, 0.5) is 13.2 Å². The third-order valence-corrected chi connectivity index (χ3v) is 1.98. The second-order valence-electron chi connectivity index (χ2n) is 3.58. The molecule has 0 saturated heterocycles. The SMILES string of the molecule is CC(O)CCc1cccc(OC(F)(F)F)c1. The maximum Gasteiger partial charge on any atom is 0.573 e. The van der Waals surface area contributed by atoms with Crippen LogP contribution in [0.1, 0.15) is 18.9 Å². The molecule has 2 nitrogen and oxygen atoms in total. The summed E-state index contributed by atoms with van der Waals surface area (Å²) >= 11 is 0. The average molecular weight is 234 g/mol. The van der Waals surface area contributed by atoms with Gasteiger partial charge in [-0.2, -0.15) is 0 Å². The Bertz CT molecular complexity index is 334. The Morgan fingerprint density at radius 1 is 1.38 bits per heavy atom.